The first-order chi connectivity index (χ1) is 7.16. The molecule has 0 unspecified atom stereocenters. The number of phenols is 1. The number of pyridine rings is 1. The van der Waals surface area contributed by atoms with Crippen LogP contribution < -0.4 is 5.73 Å². The number of benzene rings is 1. The SMILES string of the molecule is Nc1ccc(-c2ccc(Cl)cn2)c(O)c1. The van der Waals surface area contributed by atoms with E-state index in [4.69, 9.17) is 17.3 Å². The van der Waals surface area contributed by atoms with Gasteiger partial charge in [-0.2, -0.15) is 0 Å². The molecule has 0 radical (unpaired) electrons. The maximum atomic E-state index is 9.66. The van der Waals surface area contributed by atoms with E-state index in [1.165, 1.54) is 12.3 Å². The summed E-state index contributed by atoms with van der Waals surface area (Å²) in [5.74, 6) is 0.116. The van der Waals surface area contributed by atoms with Crippen LogP contribution in [0, 0.1) is 0 Å². The molecule has 15 heavy (non-hydrogen) atoms. The largest absolute Gasteiger partial charge is 0.507 e. The Bertz CT molecular complexity index is 482. The van der Waals surface area contributed by atoms with Crippen LogP contribution in [0.25, 0.3) is 11.3 Å². The monoisotopic (exact) mass is 220 g/mol. The summed E-state index contributed by atoms with van der Waals surface area (Å²) in [6.45, 7) is 0. The Hall–Kier alpha value is -1.74. The van der Waals surface area contributed by atoms with Crippen molar-refractivity contribution in [1.29, 1.82) is 0 Å². The van der Waals surface area contributed by atoms with Crippen molar-refractivity contribution >= 4 is 17.3 Å². The van der Waals surface area contributed by atoms with Crippen LogP contribution in [-0.2, 0) is 0 Å². The Morgan fingerprint density at radius 1 is 1.20 bits per heavy atom. The molecule has 0 saturated heterocycles. The van der Waals surface area contributed by atoms with Crippen molar-refractivity contribution in [2.45, 2.75) is 0 Å². The van der Waals surface area contributed by atoms with Crippen molar-refractivity contribution in [2.24, 2.45) is 0 Å². The molecule has 0 saturated carbocycles. The third-order valence-corrected chi connectivity index (χ3v) is 2.25. The van der Waals surface area contributed by atoms with E-state index in [1.54, 1.807) is 24.3 Å². The van der Waals surface area contributed by atoms with Crippen LogP contribution in [-0.4, -0.2) is 10.1 Å². The first-order valence-corrected chi connectivity index (χ1v) is 4.75. The summed E-state index contributed by atoms with van der Waals surface area (Å²) in [5, 5.41) is 10.2. The van der Waals surface area contributed by atoms with Gasteiger partial charge >= 0.3 is 0 Å². The Kier molecular flexibility index (Phi) is 2.47. The highest BCUT2D eigenvalue weighted by atomic mass is 35.5. The molecule has 0 fully saturated rings. The molecule has 4 heteroatoms. The summed E-state index contributed by atoms with van der Waals surface area (Å²) in [6, 6.07) is 8.39. The molecule has 0 spiro atoms. The van der Waals surface area contributed by atoms with Gasteiger partial charge in [0.15, 0.2) is 0 Å². The Balaban J connectivity index is 2.49. The van der Waals surface area contributed by atoms with Crippen LogP contribution in [0.4, 0.5) is 5.69 Å². The minimum atomic E-state index is 0.116. The fourth-order valence-electron chi connectivity index (χ4n) is 1.30. The van der Waals surface area contributed by atoms with Gasteiger partial charge in [-0.15, -0.1) is 0 Å². The molecule has 1 heterocycles. The van der Waals surface area contributed by atoms with E-state index in [0.29, 0.717) is 22.0 Å². The highest BCUT2D eigenvalue weighted by Gasteiger charge is 2.05. The van der Waals surface area contributed by atoms with E-state index < -0.39 is 0 Å². The maximum Gasteiger partial charge on any atom is 0.127 e. The van der Waals surface area contributed by atoms with Crippen molar-refractivity contribution in [2.75, 3.05) is 5.73 Å². The van der Waals surface area contributed by atoms with Gasteiger partial charge in [0.05, 0.1) is 10.7 Å². The second kappa shape index (κ2) is 3.79. The normalized spacial score (nSPS) is 10.2. The Morgan fingerprint density at radius 3 is 2.60 bits per heavy atom. The summed E-state index contributed by atoms with van der Waals surface area (Å²) < 4.78 is 0. The zero-order valence-electron chi connectivity index (χ0n) is 7.81. The van der Waals surface area contributed by atoms with Crippen molar-refractivity contribution in [3.8, 4) is 17.0 Å². The zero-order valence-corrected chi connectivity index (χ0v) is 8.57. The number of aromatic hydroxyl groups is 1. The maximum absolute atomic E-state index is 9.66. The molecule has 2 rings (SSSR count). The number of hydrogen-bond donors (Lipinski definition) is 2. The van der Waals surface area contributed by atoms with Gasteiger partial charge in [0, 0.05) is 23.5 Å². The molecular formula is C11H9ClN2O. The van der Waals surface area contributed by atoms with E-state index in [0.717, 1.165) is 0 Å². The van der Waals surface area contributed by atoms with E-state index in [9.17, 15) is 5.11 Å². The first-order valence-electron chi connectivity index (χ1n) is 4.37. The lowest BCUT2D eigenvalue weighted by molar-refractivity contribution is 0.477. The van der Waals surface area contributed by atoms with Gasteiger partial charge < -0.3 is 10.8 Å². The van der Waals surface area contributed by atoms with Crippen LogP contribution >= 0.6 is 11.6 Å². The number of hydrogen-bond acceptors (Lipinski definition) is 3. The second-order valence-electron chi connectivity index (χ2n) is 3.14. The van der Waals surface area contributed by atoms with Crippen molar-refractivity contribution in [3.05, 3.63) is 41.6 Å². The molecule has 0 aliphatic rings. The Labute approximate surface area is 92.1 Å². The molecular weight excluding hydrogens is 212 g/mol. The van der Waals surface area contributed by atoms with Crippen LogP contribution in [0.5, 0.6) is 5.75 Å². The molecule has 0 aliphatic heterocycles. The number of nitrogens with zero attached hydrogens (tertiary/aromatic N) is 1. The summed E-state index contributed by atoms with van der Waals surface area (Å²) in [4.78, 5) is 4.11. The fourth-order valence-corrected chi connectivity index (χ4v) is 1.41. The minimum Gasteiger partial charge on any atom is -0.507 e. The van der Waals surface area contributed by atoms with Crippen LogP contribution in [0.2, 0.25) is 5.02 Å². The number of halogens is 1. The third kappa shape index (κ3) is 2.02. The highest BCUT2D eigenvalue weighted by Crippen LogP contribution is 2.29. The summed E-state index contributed by atoms with van der Waals surface area (Å²) in [5.41, 5.74) is 7.35. The molecule has 3 nitrogen and oxygen atoms in total. The minimum absolute atomic E-state index is 0.116. The topological polar surface area (TPSA) is 59.1 Å². The van der Waals surface area contributed by atoms with Crippen LogP contribution in [0.1, 0.15) is 0 Å². The van der Waals surface area contributed by atoms with Gasteiger partial charge in [-0.1, -0.05) is 11.6 Å². The van der Waals surface area contributed by atoms with E-state index in [-0.39, 0.29) is 5.75 Å². The molecule has 76 valence electrons. The molecule has 0 bridgehead atoms. The second-order valence-corrected chi connectivity index (χ2v) is 3.57. The first kappa shape index (κ1) is 9.80. The van der Waals surface area contributed by atoms with Crippen molar-refractivity contribution in [3.63, 3.8) is 0 Å². The molecule has 2 aromatic rings. The number of rotatable bonds is 1. The number of nitrogen functional groups attached to an aromatic ring is 1. The fraction of sp³-hybridized carbons (Fsp3) is 0. The van der Waals surface area contributed by atoms with Crippen molar-refractivity contribution in [1.82, 2.24) is 4.98 Å². The van der Waals surface area contributed by atoms with Crippen LogP contribution in [0.3, 0.4) is 0 Å². The van der Waals surface area contributed by atoms with E-state index in [2.05, 4.69) is 4.98 Å². The molecule has 1 aromatic heterocycles. The van der Waals surface area contributed by atoms with Gasteiger partial charge in [-0.25, -0.2) is 0 Å². The lowest BCUT2D eigenvalue weighted by Crippen LogP contribution is -1.87. The van der Waals surface area contributed by atoms with Gasteiger partial charge in [0.1, 0.15) is 5.75 Å². The van der Waals surface area contributed by atoms with E-state index >= 15 is 0 Å². The predicted molar refractivity (Wildman–Crippen MR) is 60.8 cm³/mol. The molecule has 0 aliphatic carbocycles. The molecule has 0 atom stereocenters. The average Bonchev–Trinajstić information content (AvgIpc) is 2.20. The van der Waals surface area contributed by atoms with Crippen LogP contribution in [0.15, 0.2) is 36.5 Å². The summed E-state index contributed by atoms with van der Waals surface area (Å²) in [6.07, 6.45) is 1.53. The smallest absolute Gasteiger partial charge is 0.127 e. The molecule has 0 amide bonds. The predicted octanol–water partition coefficient (Wildman–Crippen LogP) is 2.69. The quantitative estimate of drug-likeness (QED) is 0.727. The lowest BCUT2D eigenvalue weighted by atomic mass is 10.1. The summed E-state index contributed by atoms with van der Waals surface area (Å²) in [7, 11) is 0. The number of nitrogens with two attached hydrogens (primary N) is 1. The zero-order chi connectivity index (χ0) is 10.8. The number of aromatic nitrogens is 1. The molecule has 1 aromatic carbocycles. The number of phenolic OH excluding ortho intramolecular Hbond substituents is 1. The summed E-state index contributed by atoms with van der Waals surface area (Å²) >= 11 is 5.72. The lowest BCUT2D eigenvalue weighted by Gasteiger charge is -2.04. The van der Waals surface area contributed by atoms with Gasteiger partial charge in [0.2, 0.25) is 0 Å². The highest BCUT2D eigenvalue weighted by molar-refractivity contribution is 6.30. The third-order valence-electron chi connectivity index (χ3n) is 2.03. The molecule has 3 N–H and O–H groups in total. The number of anilines is 1. The average molecular weight is 221 g/mol. The van der Waals surface area contributed by atoms with Gasteiger partial charge in [-0.3, -0.25) is 4.98 Å². The van der Waals surface area contributed by atoms with E-state index in [1.807, 2.05) is 0 Å². The van der Waals surface area contributed by atoms with Gasteiger partial charge in [0.25, 0.3) is 0 Å². The van der Waals surface area contributed by atoms with Crippen molar-refractivity contribution < 1.29 is 5.11 Å². The van der Waals surface area contributed by atoms with Gasteiger partial charge in [-0.05, 0) is 24.3 Å². The Morgan fingerprint density at radius 2 is 2.00 bits per heavy atom. The standard InChI is InChI=1S/C11H9ClN2O/c12-7-1-4-10(14-6-7)9-3-2-8(13)5-11(9)15/h1-6,15H,13H2.